The number of carbonyl (C=O) groups excluding carboxylic acids is 2. The van der Waals surface area contributed by atoms with Gasteiger partial charge < -0.3 is 9.80 Å². The average molecular weight is 422 g/mol. The standard InChI is InChI=1S/C23H33F2N3O2/c1-17(19-8-9-20(24)21(25)15-19)26(2)23(30)16-27-11-13-28(14-12-27)22(29)10-7-18-5-3-4-6-18/h8-9,15,17-18H,3-7,10-14,16H2,1-2H3. The number of hydrogen-bond donors (Lipinski definition) is 0. The summed E-state index contributed by atoms with van der Waals surface area (Å²) >= 11 is 0. The number of halogens is 2. The highest BCUT2D eigenvalue weighted by Gasteiger charge is 2.26. The topological polar surface area (TPSA) is 43.9 Å². The first-order chi connectivity index (χ1) is 14.3. The minimum Gasteiger partial charge on any atom is -0.340 e. The van der Waals surface area contributed by atoms with E-state index in [1.165, 1.54) is 31.7 Å². The van der Waals surface area contributed by atoms with Crippen LogP contribution in [0, 0.1) is 17.6 Å². The molecular weight excluding hydrogens is 388 g/mol. The van der Waals surface area contributed by atoms with Crippen molar-refractivity contribution in [3.05, 3.63) is 35.4 Å². The number of hydrogen-bond acceptors (Lipinski definition) is 3. The summed E-state index contributed by atoms with van der Waals surface area (Å²) in [7, 11) is 1.68. The number of piperazine rings is 1. The molecule has 0 N–H and O–H groups in total. The second-order valence-electron chi connectivity index (χ2n) is 8.70. The molecule has 3 rings (SSSR count). The number of carbonyl (C=O) groups is 2. The van der Waals surface area contributed by atoms with Crippen molar-refractivity contribution in [2.24, 2.45) is 5.92 Å². The smallest absolute Gasteiger partial charge is 0.236 e. The number of benzene rings is 1. The molecule has 1 atom stereocenters. The van der Waals surface area contributed by atoms with Gasteiger partial charge in [0.25, 0.3) is 0 Å². The van der Waals surface area contributed by atoms with Crippen molar-refractivity contribution in [2.45, 2.75) is 51.5 Å². The minimum atomic E-state index is -0.908. The maximum Gasteiger partial charge on any atom is 0.236 e. The highest BCUT2D eigenvalue weighted by Crippen LogP contribution is 2.28. The van der Waals surface area contributed by atoms with Crippen LogP contribution in [0.2, 0.25) is 0 Å². The zero-order chi connectivity index (χ0) is 21.7. The van der Waals surface area contributed by atoms with Gasteiger partial charge in [0.15, 0.2) is 11.6 Å². The highest BCUT2D eigenvalue weighted by molar-refractivity contribution is 5.79. The lowest BCUT2D eigenvalue weighted by Crippen LogP contribution is -2.51. The molecule has 5 nitrogen and oxygen atoms in total. The molecular formula is C23H33F2N3O2. The van der Waals surface area contributed by atoms with E-state index in [0.717, 1.165) is 24.5 Å². The van der Waals surface area contributed by atoms with Crippen LogP contribution in [0.25, 0.3) is 0 Å². The van der Waals surface area contributed by atoms with Crippen molar-refractivity contribution < 1.29 is 18.4 Å². The SMILES string of the molecule is CC(c1ccc(F)c(F)c1)N(C)C(=O)CN1CCN(C(=O)CCC2CCCC2)CC1. The van der Waals surface area contributed by atoms with Gasteiger partial charge in [0.05, 0.1) is 12.6 Å². The van der Waals surface area contributed by atoms with E-state index >= 15 is 0 Å². The molecule has 1 saturated heterocycles. The van der Waals surface area contributed by atoms with E-state index in [0.29, 0.717) is 38.2 Å². The van der Waals surface area contributed by atoms with Crippen molar-refractivity contribution in [1.82, 2.24) is 14.7 Å². The second-order valence-corrected chi connectivity index (χ2v) is 8.70. The highest BCUT2D eigenvalue weighted by atomic mass is 19.2. The van der Waals surface area contributed by atoms with Gasteiger partial charge in [-0.05, 0) is 37.0 Å². The summed E-state index contributed by atoms with van der Waals surface area (Å²) < 4.78 is 26.7. The van der Waals surface area contributed by atoms with Gasteiger partial charge in [-0.2, -0.15) is 0 Å². The van der Waals surface area contributed by atoms with Gasteiger partial charge in [-0.1, -0.05) is 31.7 Å². The van der Waals surface area contributed by atoms with Crippen molar-refractivity contribution in [2.75, 3.05) is 39.8 Å². The largest absolute Gasteiger partial charge is 0.340 e. The fourth-order valence-corrected chi connectivity index (χ4v) is 4.45. The number of rotatable bonds is 7. The Kier molecular flexibility index (Phi) is 7.81. The maximum atomic E-state index is 13.5. The predicted octanol–water partition coefficient (Wildman–Crippen LogP) is 3.60. The maximum absolute atomic E-state index is 13.5. The van der Waals surface area contributed by atoms with E-state index in [-0.39, 0.29) is 24.4 Å². The van der Waals surface area contributed by atoms with Gasteiger partial charge >= 0.3 is 0 Å². The summed E-state index contributed by atoms with van der Waals surface area (Å²) in [5.74, 6) is -0.922. The van der Waals surface area contributed by atoms with E-state index in [2.05, 4.69) is 4.90 Å². The second kappa shape index (κ2) is 10.3. The Morgan fingerprint density at radius 1 is 1.10 bits per heavy atom. The molecule has 0 aromatic heterocycles. The van der Waals surface area contributed by atoms with E-state index in [9.17, 15) is 18.4 Å². The molecule has 1 unspecified atom stereocenters. The van der Waals surface area contributed by atoms with Crippen LogP contribution in [0.5, 0.6) is 0 Å². The number of amides is 2. The predicted molar refractivity (Wildman–Crippen MR) is 112 cm³/mol. The molecule has 0 spiro atoms. The van der Waals surface area contributed by atoms with Gasteiger partial charge in [-0.3, -0.25) is 14.5 Å². The van der Waals surface area contributed by atoms with Gasteiger partial charge in [0, 0.05) is 39.6 Å². The van der Waals surface area contributed by atoms with Crippen LogP contribution in [0.4, 0.5) is 8.78 Å². The fraction of sp³-hybridized carbons (Fsp3) is 0.652. The van der Waals surface area contributed by atoms with Crippen molar-refractivity contribution in [3.8, 4) is 0 Å². The molecule has 7 heteroatoms. The first kappa shape index (κ1) is 22.7. The Hall–Kier alpha value is -2.02. The van der Waals surface area contributed by atoms with Crippen molar-refractivity contribution in [3.63, 3.8) is 0 Å². The van der Waals surface area contributed by atoms with Crippen LogP contribution in [-0.2, 0) is 9.59 Å². The monoisotopic (exact) mass is 421 g/mol. The van der Waals surface area contributed by atoms with E-state index < -0.39 is 11.6 Å². The quantitative estimate of drug-likeness (QED) is 0.676. The van der Waals surface area contributed by atoms with Crippen molar-refractivity contribution in [1.29, 1.82) is 0 Å². The number of likely N-dealkylation sites (N-methyl/N-ethyl adjacent to an activating group) is 1. The summed E-state index contributed by atoms with van der Waals surface area (Å²) in [6, 6.07) is 3.37. The van der Waals surface area contributed by atoms with Gasteiger partial charge in [0.1, 0.15) is 0 Å². The Morgan fingerprint density at radius 2 is 1.77 bits per heavy atom. The summed E-state index contributed by atoms with van der Waals surface area (Å²) in [5, 5.41) is 0. The lowest BCUT2D eigenvalue weighted by Gasteiger charge is -2.36. The molecule has 2 amide bonds. The molecule has 1 aromatic carbocycles. The fourth-order valence-electron chi connectivity index (χ4n) is 4.45. The van der Waals surface area contributed by atoms with Crippen LogP contribution in [0.1, 0.15) is 57.1 Å². The lowest BCUT2D eigenvalue weighted by atomic mass is 10.0. The van der Waals surface area contributed by atoms with Gasteiger partial charge in [-0.25, -0.2) is 8.78 Å². The molecule has 2 fully saturated rings. The van der Waals surface area contributed by atoms with E-state index in [4.69, 9.17) is 0 Å². The summed E-state index contributed by atoms with van der Waals surface area (Å²) in [4.78, 5) is 30.7. The van der Waals surface area contributed by atoms with Crippen LogP contribution in [0.3, 0.4) is 0 Å². The van der Waals surface area contributed by atoms with Crippen LogP contribution < -0.4 is 0 Å². The van der Waals surface area contributed by atoms with Crippen LogP contribution in [0.15, 0.2) is 18.2 Å². The molecule has 1 saturated carbocycles. The first-order valence-electron chi connectivity index (χ1n) is 11.1. The molecule has 166 valence electrons. The van der Waals surface area contributed by atoms with Crippen LogP contribution >= 0.6 is 0 Å². The summed E-state index contributed by atoms with van der Waals surface area (Å²) in [6.07, 6.45) is 6.77. The molecule has 0 bridgehead atoms. The Balaban J connectivity index is 1.42. The number of nitrogens with zero attached hydrogens (tertiary/aromatic N) is 3. The third-order valence-electron chi connectivity index (χ3n) is 6.73. The molecule has 2 aliphatic rings. The average Bonchev–Trinajstić information content (AvgIpc) is 3.27. The zero-order valence-corrected chi connectivity index (χ0v) is 18.1. The van der Waals surface area contributed by atoms with Gasteiger partial charge in [-0.15, -0.1) is 0 Å². The normalized spacial score (nSPS) is 19.1. The Labute approximate surface area is 178 Å². The summed E-state index contributed by atoms with van der Waals surface area (Å²) in [6.45, 7) is 4.71. The third kappa shape index (κ3) is 5.78. The molecule has 1 aromatic rings. The molecule has 0 radical (unpaired) electrons. The van der Waals surface area contributed by atoms with Crippen LogP contribution in [-0.4, -0.2) is 66.3 Å². The zero-order valence-electron chi connectivity index (χ0n) is 18.1. The molecule has 1 aliphatic carbocycles. The van der Waals surface area contributed by atoms with Gasteiger partial charge in [0.2, 0.25) is 11.8 Å². The lowest BCUT2D eigenvalue weighted by molar-refractivity contribution is -0.135. The molecule has 1 aliphatic heterocycles. The molecule has 1 heterocycles. The van der Waals surface area contributed by atoms with E-state index in [1.807, 2.05) is 4.90 Å². The first-order valence-corrected chi connectivity index (χ1v) is 11.1. The summed E-state index contributed by atoms with van der Waals surface area (Å²) in [5.41, 5.74) is 0.558. The Bertz CT molecular complexity index is 744. The Morgan fingerprint density at radius 3 is 2.40 bits per heavy atom. The third-order valence-corrected chi connectivity index (χ3v) is 6.73. The van der Waals surface area contributed by atoms with E-state index in [1.54, 1.807) is 18.9 Å². The molecule has 30 heavy (non-hydrogen) atoms. The minimum absolute atomic E-state index is 0.0757. The van der Waals surface area contributed by atoms with Crippen molar-refractivity contribution >= 4 is 11.8 Å².